The largest absolute Gasteiger partial charge is 0.464 e. The van der Waals surface area contributed by atoms with Crippen molar-refractivity contribution in [2.75, 3.05) is 6.61 Å². The molecule has 2 amide bonds. The Balaban J connectivity index is 1.71. The number of esters is 1. The normalized spacial score (nSPS) is 32.6. The molecule has 0 saturated carbocycles. The molecule has 1 spiro atoms. The van der Waals surface area contributed by atoms with Gasteiger partial charge in [-0.15, -0.1) is 0 Å². The van der Waals surface area contributed by atoms with E-state index in [1.54, 1.807) is 0 Å². The lowest BCUT2D eigenvalue weighted by atomic mass is 9.58. The second-order valence-corrected chi connectivity index (χ2v) is 9.21. The molecule has 30 heavy (non-hydrogen) atoms. The van der Waals surface area contributed by atoms with Crippen LogP contribution in [-0.4, -0.2) is 35.5 Å². The van der Waals surface area contributed by atoms with Gasteiger partial charge in [0.05, 0.1) is 6.61 Å². The molecule has 2 aliphatic heterocycles. The van der Waals surface area contributed by atoms with Gasteiger partial charge in [0.2, 0.25) is 0 Å². The van der Waals surface area contributed by atoms with Crippen LogP contribution in [0.1, 0.15) is 39.7 Å². The zero-order valence-corrected chi connectivity index (χ0v) is 18.0. The third-order valence-electron chi connectivity index (χ3n) is 7.00. The van der Waals surface area contributed by atoms with Crippen molar-refractivity contribution in [3.8, 4) is 0 Å². The molecule has 5 atom stereocenters. The van der Waals surface area contributed by atoms with E-state index in [0.29, 0.717) is 6.42 Å². The highest BCUT2D eigenvalue weighted by Gasteiger charge is 2.73. The number of carbonyl (C=O) groups excluding carboxylic acids is 3. The highest BCUT2D eigenvalue weighted by atomic mass is 16.6. The fraction of sp³-hybridized carbons (Fsp3) is 0.542. The minimum Gasteiger partial charge on any atom is -0.464 e. The van der Waals surface area contributed by atoms with Crippen molar-refractivity contribution in [3.63, 3.8) is 0 Å². The Bertz CT molecular complexity index is 892. The number of carbonyl (C=O) groups is 3. The molecular formula is C24H29NO5. The summed E-state index contributed by atoms with van der Waals surface area (Å²) >= 11 is 0. The molecule has 1 aliphatic carbocycles. The molecule has 0 aromatic heterocycles. The maximum absolute atomic E-state index is 13.7. The molecule has 1 aromatic rings. The maximum atomic E-state index is 13.7. The van der Waals surface area contributed by atoms with E-state index >= 15 is 0 Å². The lowest BCUT2D eigenvalue weighted by Crippen LogP contribution is -2.49. The van der Waals surface area contributed by atoms with Gasteiger partial charge in [0.25, 0.3) is 5.91 Å². The number of allylic oxidation sites excluding steroid dienone is 1. The summed E-state index contributed by atoms with van der Waals surface area (Å²) in [4.78, 5) is 41.1. The van der Waals surface area contributed by atoms with Crippen LogP contribution in [0, 0.1) is 29.1 Å². The van der Waals surface area contributed by atoms with Gasteiger partial charge in [-0.2, -0.15) is 0 Å². The number of ether oxygens (including phenoxy) is 2. The molecular weight excluding hydrogens is 382 g/mol. The van der Waals surface area contributed by atoms with Crippen molar-refractivity contribution in [1.29, 1.82) is 0 Å². The van der Waals surface area contributed by atoms with E-state index in [1.165, 1.54) is 4.90 Å². The summed E-state index contributed by atoms with van der Waals surface area (Å²) in [6.07, 6.45) is 1.94. The number of likely N-dealkylation sites (tertiary alicyclic amines) is 1. The van der Waals surface area contributed by atoms with Gasteiger partial charge in [0.15, 0.2) is 5.41 Å². The predicted molar refractivity (Wildman–Crippen MR) is 110 cm³/mol. The van der Waals surface area contributed by atoms with Crippen LogP contribution in [0.4, 0.5) is 4.79 Å². The number of amides is 2. The summed E-state index contributed by atoms with van der Waals surface area (Å²) in [7, 11) is 0. The first-order valence-electron chi connectivity index (χ1n) is 10.7. The molecule has 0 bridgehead atoms. The van der Waals surface area contributed by atoms with Gasteiger partial charge >= 0.3 is 12.1 Å². The first-order valence-corrected chi connectivity index (χ1v) is 10.7. The third-order valence-corrected chi connectivity index (χ3v) is 7.00. The van der Waals surface area contributed by atoms with Gasteiger partial charge < -0.3 is 9.47 Å². The zero-order valence-electron chi connectivity index (χ0n) is 18.0. The van der Waals surface area contributed by atoms with E-state index in [1.807, 2.05) is 50.3 Å². The van der Waals surface area contributed by atoms with Gasteiger partial charge in [-0.05, 0) is 30.7 Å². The Labute approximate surface area is 177 Å². The molecule has 6 nitrogen and oxygen atoms in total. The van der Waals surface area contributed by atoms with Crippen molar-refractivity contribution in [1.82, 2.24) is 4.90 Å². The number of hydrogen-bond acceptors (Lipinski definition) is 5. The Morgan fingerprint density at radius 1 is 1.27 bits per heavy atom. The van der Waals surface area contributed by atoms with E-state index in [0.717, 1.165) is 11.1 Å². The molecule has 0 unspecified atom stereocenters. The number of nitrogens with zero attached hydrogens (tertiary/aromatic N) is 1. The number of imide groups is 1. The highest BCUT2D eigenvalue weighted by Crippen LogP contribution is 2.59. The van der Waals surface area contributed by atoms with E-state index < -0.39 is 29.4 Å². The smallest absolute Gasteiger partial charge is 0.417 e. The molecule has 0 N–H and O–H groups in total. The maximum Gasteiger partial charge on any atom is 0.417 e. The molecule has 6 heteroatoms. The number of benzene rings is 1. The van der Waals surface area contributed by atoms with Crippen LogP contribution >= 0.6 is 0 Å². The number of hydrogen-bond donors (Lipinski definition) is 0. The van der Waals surface area contributed by atoms with E-state index in [9.17, 15) is 14.4 Å². The van der Waals surface area contributed by atoms with Crippen molar-refractivity contribution in [2.45, 2.75) is 46.8 Å². The highest BCUT2D eigenvalue weighted by molar-refractivity contribution is 6.11. The van der Waals surface area contributed by atoms with Crippen LogP contribution in [0.5, 0.6) is 0 Å². The molecule has 160 valence electrons. The molecule has 2 saturated heterocycles. The summed E-state index contributed by atoms with van der Waals surface area (Å²) in [6.45, 7) is 8.46. The minimum absolute atomic E-state index is 0.00785. The van der Waals surface area contributed by atoms with Crippen LogP contribution < -0.4 is 0 Å². The van der Waals surface area contributed by atoms with Crippen molar-refractivity contribution < 1.29 is 23.9 Å². The van der Waals surface area contributed by atoms with Gasteiger partial charge in [-0.3, -0.25) is 9.59 Å². The Hall–Kier alpha value is -2.63. The lowest BCUT2D eigenvalue weighted by Gasteiger charge is -2.40. The van der Waals surface area contributed by atoms with Gasteiger partial charge in [0, 0.05) is 17.9 Å². The summed E-state index contributed by atoms with van der Waals surface area (Å²) in [6, 6.07) is 8.96. The van der Waals surface area contributed by atoms with Crippen LogP contribution in [0.15, 0.2) is 42.0 Å². The SMILES string of the molecule is CC1=C[C@@H]2COC(=O)[C@@]23C(=O)N(C(=O)OCc2ccccc2)[C@@H](CC(C)C)[C@@H]3[C@@H]1C. The average Bonchev–Trinajstić information content (AvgIpc) is 3.17. The van der Waals surface area contributed by atoms with Gasteiger partial charge in [-0.1, -0.05) is 62.8 Å². The van der Waals surface area contributed by atoms with Crippen LogP contribution in [0.3, 0.4) is 0 Å². The molecule has 4 rings (SSSR count). The van der Waals surface area contributed by atoms with E-state index in [2.05, 4.69) is 13.8 Å². The summed E-state index contributed by atoms with van der Waals surface area (Å²) in [5.74, 6) is -1.35. The molecule has 2 fully saturated rings. The standard InChI is InChI=1S/C24H29NO5/c1-14(2)10-19-20-16(4)15(3)11-18-13-29-22(27)24(18,20)21(26)25(19)23(28)30-12-17-8-6-5-7-9-17/h5-9,11,14,16,18-20H,10,12-13H2,1-4H3/t16-,18-,19+,20+,24+/m1/s1. The van der Waals surface area contributed by atoms with Gasteiger partial charge in [0.1, 0.15) is 6.61 Å². The zero-order chi connectivity index (χ0) is 21.6. The molecule has 1 aromatic carbocycles. The predicted octanol–water partition coefficient (Wildman–Crippen LogP) is 3.95. The fourth-order valence-electron chi connectivity index (χ4n) is 5.56. The Morgan fingerprint density at radius 3 is 2.63 bits per heavy atom. The molecule has 2 heterocycles. The van der Waals surface area contributed by atoms with Crippen molar-refractivity contribution in [2.24, 2.45) is 29.1 Å². The summed E-state index contributed by atoms with van der Waals surface area (Å²) in [5.41, 5.74) is 0.669. The third kappa shape index (κ3) is 2.96. The van der Waals surface area contributed by atoms with Crippen LogP contribution in [0.25, 0.3) is 0 Å². The molecule has 3 aliphatic rings. The molecule has 0 radical (unpaired) electrons. The summed E-state index contributed by atoms with van der Waals surface area (Å²) in [5, 5.41) is 0. The van der Waals surface area contributed by atoms with Crippen molar-refractivity contribution >= 4 is 18.0 Å². The number of rotatable bonds is 4. The quantitative estimate of drug-likeness (QED) is 0.426. The van der Waals surface area contributed by atoms with Crippen LogP contribution in [-0.2, 0) is 25.7 Å². The lowest BCUT2D eigenvalue weighted by molar-refractivity contribution is -0.155. The second-order valence-electron chi connectivity index (χ2n) is 9.21. The topological polar surface area (TPSA) is 72.9 Å². The van der Waals surface area contributed by atoms with Gasteiger partial charge in [-0.25, -0.2) is 9.69 Å². The van der Waals surface area contributed by atoms with E-state index in [-0.39, 0.29) is 36.9 Å². The summed E-state index contributed by atoms with van der Waals surface area (Å²) < 4.78 is 10.9. The van der Waals surface area contributed by atoms with Crippen LogP contribution in [0.2, 0.25) is 0 Å². The van der Waals surface area contributed by atoms with E-state index in [4.69, 9.17) is 9.47 Å². The second kappa shape index (κ2) is 7.56. The Morgan fingerprint density at radius 2 is 1.97 bits per heavy atom. The number of cyclic esters (lactones) is 1. The first-order chi connectivity index (χ1) is 14.3. The average molecular weight is 411 g/mol. The fourth-order valence-corrected chi connectivity index (χ4v) is 5.56. The minimum atomic E-state index is -1.32. The van der Waals surface area contributed by atoms with Crippen molar-refractivity contribution in [3.05, 3.63) is 47.5 Å². The Kier molecular flexibility index (Phi) is 5.20. The monoisotopic (exact) mass is 411 g/mol. The first kappa shape index (κ1) is 20.6.